The molecule has 1 aromatic heterocycles. The highest BCUT2D eigenvalue weighted by atomic mass is 16.6. The molecule has 2 aromatic rings. The molecule has 6 nitrogen and oxygen atoms in total. The SMILES string of the molecule is Cc1noc(-c2ccc([N+](=O)[O-])cc2)c1N. The van der Waals surface area contributed by atoms with Gasteiger partial charge in [-0.05, 0) is 19.1 Å². The third-order valence-electron chi connectivity index (χ3n) is 2.25. The van der Waals surface area contributed by atoms with Gasteiger partial charge in [0.15, 0.2) is 5.76 Å². The molecule has 1 aromatic carbocycles. The molecule has 6 heteroatoms. The second-order valence-corrected chi connectivity index (χ2v) is 3.31. The van der Waals surface area contributed by atoms with Crippen LogP contribution in [0.2, 0.25) is 0 Å². The zero-order chi connectivity index (χ0) is 11.7. The lowest BCUT2D eigenvalue weighted by Gasteiger charge is -1.97. The molecule has 0 atom stereocenters. The van der Waals surface area contributed by atoms with E-state index in [1.54, 1.807) is 19.1 Å². The van der Waals surface area contributed by atoms with Gasteiger partial charge in [-0.3, -0.25) is 10.1 Å². The fourth-order valence-electron chi connectivity index (χ4n) is 1.32. The van der Waals surface area contributed by atoms with Gasteiger partial charge in [-0.25, -0.2) is 0 Å². The summed E-state index contributed by atoms with van der Waals surface area (Å²) in [4.78, 5) is 10.0. The number of hydrogen-bond acceptors (Lipinski definition) is 5. The van der Waals surface area contributed by atoms with Gasteiger partial charge in [-0.2, -0.15) is 0 Å². The molecule has 0 spiro atoms. The number of nitro groups is 1. The number of aromatic nitrogens is 1. The number of rotatable bonds is 2. The van der Waals surface area contributed by atoms with E-state index in [-0.39, 0.29) is 5.69 Å². The van der Waals surface area contributed by atoms with Crippen LogP contribution < -0.4 is 5.73 Å². The fourth-order valence-corrected chi connectivity index (χ4v) is 1.32. The Kier molecular flexibility index (Phi) is 2.32. The van der Waals surface area contributed by atoms with Crippen LogP contribution in [-0.2, 0) is 0 Å². The van der Waals surface area contributed by atoms with Crippen LogP contribution in [-0.4, -0.2) is 10.1 Å². The van der Waals surface area contributed by atoms with Crippen molar-refractivity contribution in [2.24, 2.45) is 0 Å². The maximum absolute atomic E-state index is 10.5. The average molecular weight is 219 g/mol. The Balaban J connectivity index is 2.42. The maximum Gasteiger partial charge on any atom is 0.269 e. The Labute approximate surface area is 90.8 Å². The highest BCUT2D eigenvalue weighted by molar-refractivity contribution is 5.72. The monoisotopic (exact) mass is 219 g/mol. The molecule has 0 aliphatic heterocycles. The van der Waals surface area contributed by atoms with Gasteiger partial charge in [0.05, 0.1) is 4.92 Å². The standard InChI is InChI=1S/C10H9N3O3/c1-6-9(11)10(16-12-6)7-2-4-8(5-3-7)13(14)15/h2-5H,11H2,1H3. The second-order valence-electron chi connectivity index (χ2n) is 3.31. The summed E-state index contributed by atoms with van der Waals surface area (Å²) in [5.41, 5.74) is 7.50. The minimum atomic E-state index is -0.460. The molecule has 0 fully saturated rings. The van der Waals surface area contributed by atoms with Crippen LogP contribution in [0.5, 0.6) is 0 Å². The van der Waals surface area contributed by atoms with Gasteiger partial charge in [-0.15, -0.1) is 0 Å². The van der Waals surface area contributed by atoms with Crippen LogP contribution >= 0.6 is 0 Å². The van der Waals surface area contributed by atoms with Crippen LogP contribution in [0.3, 0.4) is 0 Å². The van der Waals surface area contributed by atoms with E-state index < -0.39 is 4.92 Å². The topological polar surface area (TPSA) is 95.2 Å². The van der Waals surface area contributed by atoms with Crippen LogP contribution in [0, 0.1) is 17.0 Å². The Morgan fingerprint density at radius 1 is 1.38 bits per heavy atom. The molecule has 0 bridgehead atoms. The maximum atomic E-state index is 10.5. The van der Waals surface area contributed by atoms with Crippen molar-refractivity contribution in [2.75, 3.05) is 5.73 Å². The lowest BCUT2D eigenvalue weighted by Crippen LogP contribution is -1.89. The third kappa shape index (κ3) is 1.60. The molecule has 0 aliphatic rings. The van der Waals surface area contributed by atoms with Crippen molar-refractivity contribution >= 4 is 11.4 Å². The van der Waals surface area contributed by atoms with E-state index >= 15 is 0 Å². The summed E-state index contributed by atoms with van der Waals surface area (Å²) in [6, 6.07) is 5.95. The largest absolute Gasteiger partial charge is 0.394 e. The predicted molar refractivity (Wildman–Crippen MR) is 57.7 cm³/mol. The quantitative estimate of drug-likeness (QED) is 0.616. The minimum Gasteiger partial charge on any atom is -0.394 e. The number of anilines is 1. The van der Waals surface area contributed by atoms with Gasteiger partial charge in [0.1, 0.15) is 11.4 Å². The number of nitrogens with two attached hydrogens (primary N) is 1. The van der Waals surface area contributed by atoms with Gasteiger partial charge < -0.3 is 10.3 Å². The smallest absolute Gasteiger partial charge is 0.269 e. The Morgan fingerprint density at radius 3 is 2.44 bits per heavy atom. The average Bonchev–Trinajstić information content (AvgIpc) is 2.60. The summed E-state index contributed by atoms with van der Waals surface area (Å²) in [6.07, 6.45) is 0. The number of benzene rings is 1. The zero-order valence-corrected chi connectivity index (χ0v) is 8.51. The predicted octanol–water partition coefficient (Wildman–Crippen LogP) is 2.14. The van der Waals surface area contributed by atoms with Crippen molar-refractivity contribution in [3.05, 3.63) is 40.1 Å². The van der Waals surface area contributed by atoms with Gasteiger partial charge in [-0.1, -0.05) is 5.16 Å². The normalized spacial score (nSPS) is 10.3. The van der Waals surface area contributed by atoms with Gasteiger partial charge in [0, 0.05) is 17.7 Å². The molecule has 0 saturated carbocycles. The third-order valence-corrected chi connectivity index (χ3v) is 2.25. The molecule has 0 amide bonds. The molecule has 82 valence electrons. The Hall–Kier alpha value is -2.37. The van der Waals surface area contributed by atoms with E-state index in [1.165, 1.54) is 12.1 Å². The van der Waals surface area contributed by atoms with E-state index in [0.717, 1.165) is 0 Å². The van der Waals surface area contributed by atoms with Crippen molar-refractivity contribution in [1.82, 2.24) is 5.16 Å². The summed E-state index contributed by atoms with van der Waals surface area (Å²) < 4.78 is 5.04. The van der Waals surface area contributed by atoms with E-state index in [4.69, 9.17) is 10.3 Å². The highest BCUT2D eigenvalue weighted by Gasteiger charge is 2.13. The molecule has 16 heavy (non-hydrogen) atoms. The van der Waals surface area contributed by atoms with E-state index in [0.29, 0.717) is 22.7 Å². The van der Waals surface area contributed by atoms with Crippen LogP contribution in [0.15, 0.2) is 28.8 Å². The molecule has 0 unspecified atom stereocenters. The summed E-state index contributed by atoms with van der Waals surface area (Å²) in [5.74, 6) is 0.437. The lowest BCUT2D eigenvalue weighted by molar-refractivity contribution is -0.384. The molecule has 1 heterocycles. The zero-order valence-electron chi connectivity index (χ0n) is 8.51. The first-order valence-electron chi connectivity index (χ1n) is 4.56. The fraction of sp³-hybridized carbons (Fsp3) is 0.100. The molecular formula is C10H9N3O3. The molecule has 0 saturated heterocycles. The number of non-ortho nitro benzene ring substituents is 1. The first-order chi connectivity index (χ1) is 7.59. The first-order valence-corrected chi connectivity index (χ1v) is 4.56. The van der Waals surface area contributed by atoms with Crippen molar-refractivity contribution in [3.63, 3.8) is 0 Å². The van der Waals surface area contributed by atoms with Gasteiger partial charge in [0.2, 0.25) is 0 Å². The van der Waals surface area contributed by atoms with E-state index in [2.05, 4.69) is 5.16 Å². The van der Waals surface area contributed by atoms with Crippen molar-refractivity contribution < 1.29 is 9.45 Å². The van der Waals surface area contributed by atoms with Crippen molar-refractivity contribution in [3.8, 4) is 11.3 Å². The van der Waals surface area contributed by atoms with Gasteiger partial charge >= 0.3 is 0 Å². The molecule has 2 rings (SSSR count). The molecule has 2 N–H and O–H groups in total. The van der Waals surface area contributed by atoms with Crippen molar-refractivity contribution in [2.45, 2.75) is 6.92 Å². The summed E-state index contributed by atoms with van der Waals surface area (Å²) in [7, 11) is 0. The summed E-state index contributed by atoms with van der Waals surface area (Å²) in [6.45, 7) is 1.73. The number of nitro benzene ring substituents is 1. The van der Waals surface area contributed by atoms with E-state index in [1.807, 2.05) is 0 Å². The van der Waals surface area contributed by atoms with Crippen LogP contribution in [0.25, 0.3) is 11.3 Å². The molecule has 0 aliphatic carbocycles. The number of aryl methyl sites for hydroxylation is 1. The highest BCUT2D eigenvalue weighted by Crippen LogP contribution is 2.29. The Bertz CT molecular complexity index is 531. The summed E-state index contributed by atoms with van der Waals surface area (Å²) >= 11 is 0. The number of hydrogen-bond donors (Lipinski definition) is 1. The summed E-state index contributed by atoms with van der Waals surface area (Å²) in [5, 5.41) is 14.2. The van der Waals surface area contributed by atoms with Crippen molar-refractivity contribution in [1.29, 1.82) is 0 Å². The Morgan fingerprint density at radius 2 is 2.00 bits per heavy atom. The lowest BCUT2D eigenvalue weighted by atomic mass is 10.1. The molecule has 0 radical (unpaired) electrons. The minimum absolute atomic E-state index is 0.0264. The number of nitrogen functional groups attached to an aromatic ring is 1. The second kappa shape index (κ2) is 3.65. The van der Waals surface area contributed by atoms with Crippen LogP contribution in [0.4, 0.5) is 11.4 Å². The van der Waals surface area contributed by atoms with Gasteiger partial charge in [0.25, 0.3) is 5.69 Å². The molecular weight excluding hydrogens is 210 g/mol. The first kappa shape index (κ1) is 10.2. The van der Waals surface area contributed by atoms with E-state index in [9.17, 15) is 10.1 Å². The van der Waals surface area contributed by atoms with Crippen LogP contribution in [0.1, 0.15) is 5.69 Å². The number of nitrogens with zero attached hydrogens (tertiary/aromatic N) is 2.